The van der Waals surface area contributed by atoms with E-state index in [0.29, 0.717) is 78.2 Å². The van der Waals surface area contributed by atoms with Gasteiger partial charge in [0, 0.05) is 6.54 Å². The molecular weight excluding hydrogens is 769 g/mol. The number of fused-ring (bicyclic) bond motifs is 4. The van der Waals surface area contributed by atoms with Crippen LogP contribution in [-0.4, -0.2) is 62.8 Å². The highest BCUT2D eigenvalue weighted by molar-refractivity contribution is 7.22. The Morgan fingerprint density at radius 3 is 2.07 bits per heavy atom. The summed E-state index contributed by atoms with van der Waals surface area (Å²) < 4.78 is 14.9. The van der Waals surface area contributed by atoms with Crippen LogP contribution in [0.3, 0.4) is 0 Å². The smallest absolute Gasteiger partial charge is 0.202 e. The van der Waals surface area contributed by atoms with Crippen molar-refractivity contribution in [1.82, 2.24) is 14.9 Å². The molecule has 12 heteroatoms. The van der Waals surface area contributed by atoms with E-state index in [0.717, 1.165) is 76.1 Å². The molecule has 1 aliphatic rings. The van der Waals surface area contributed by atoms with E-state index >= 15 is 0 Å². The van der Waals surface area contributed by atoms with Crippen LogP contribution in [0.1, 0.15) is 56.7 Å². The maximum atomic E-state index is 14.1. The molecule has 0 aliphatic carbocycles. The van der Waals surface area contributed by atoms with Gasteiger partial charge in [-0.3, -0.25) is 14.5 Å². The van der Waals surface area contributed by atoms with Gasteiger partial charge in [-0.05, 0) is 105 Å². The van der Waals surface area contributed by atoms with Crippen LogP contribution < -0.4 is 10.9 Å². The second-order valence-electron chi connectivity index (χ2n) is 15.6. The first kappa shape index (κ1) is 38.1. The Morgan fingerprint density at radius 2 is 1.36 bits per heavy atom. The van der Waals surface area contributed by atoms with Gasteiger partial charge in [0.05, 0.1) is 73.6 Å². The molecule has 4 aromatic carbocycles. The Balaban J connectivity index is 1.03. The van der Waals surface area contributed by atoms with E-state index < -0.39 is 0 Å². The maximum absolute atomic E-state index is 14.1. The molecule has 8 aromatic rings. The fraction of sp³-hybridized carbons (Fsp3) is 0.304. The summed E-state index contributed by atoms with van der Waals surface area (Å²) in [5.74, 6) is 0.339. The number of aromatic hydroxyl groups is 2. The van der Waals surface area contributed by atoms with E-state index in [2.05, 4.69) is 31.9 Å². The number of hydrogen-bond donors (Lipinski definition) is 2. The minimum atomic E-state index is -0.176. The lowest BCUT2D eigenvalue weighted by Gasteiger charge is -2.32. The van der Waals surface area contributed by atoms with Crippen LogP contribution in [0.25, 0.3) is 74.6 Å². The summed E-state index contributed by atoms with van der Waals surface area (Å²) in [6.07, 6.45) is 7.01. The zero-order chi connectivity index (χ0) is 40.3. The number of hydrogen-bond acceptors (Lipinski definition) is 11. The number of aromatic nitrogens is 2. The van der Waals surface area contributed by atoms with E-state index in [4.69, 9.17) is 18.8 Å². The molecule has 0 amide bonds. The second kappa shape index (κ2) is 15.1. The standard InChI is InChI=1S/C46H44N4O6S2/c1-5-26-19-30-42(54)34(25-56-44(30)32(40(26)52)23-50(4,6-2)7-3)46-48-36-20-27(12-16-38(36)57-46)28-11-14-35-39(21-28)58-45(47-35)33-24-55-43-29(41(33)53)13-15-37(51)31(43)22-49-17-9-8-10-18-49/h11-16,19-21,24-25H,5-10,17-18,22-23H2,1-4H3,(H-,51,52,53,54)/p+1. The van der Waals surface area contributed by atoms with Crippen LogP contribution in [0.5, 0.6) is 11.5 Å². The largest absolute Gasteiger partial charge is 0.507 e. The highest BCUT2D eigenvalue weighted by Crippen LogP contribution is 2.38. The Morgan fingerprint density at radius 1 is 0.724 bits per heavy atom. The molecule has 1 fully saturated rings. The third-order valence-corrected chi connectivity index (χ3v) is 14.2. The third kappa shape index (κ3) is 6.67. The quantitative estimate of drug-likeness (QED) is 0.130. The van der Waals surface area contributed by atoms with E-state index in [-0.39, 0.29) is 22.4 Å². The Labute approximate surface area is 342 Å². The summed E-state index contributed by atoms with van der Waals surface area (Å²) in [6, 6.07) is 17.1. The summed E-state index contributed by atoms with van der Waals surface area (Å²) in [5, 5.41) is 24.0. The lowest BCUT2D eigenvalue weighted by atomic mass is 10.00. The van der Waals surface area contributed by atoms with Gasteiger partial charge in [-0.25, -0.2) is 9.97 Å². The molecule has 10 nitrogen and oxygen atoms in total. The molecular formula is C46H45N4O6S2+. The first-order valence-electron chi connectivity index (χ1n) is 20.0. The van der Waals surface area contributed by atoms with Crippen molar-refractivity contribution in [2.45, 2.75) is 59.5 Å². The van der Waals surface area contributed by atoms with Gasteiger partial charge in [-0.1, -0.05) is 25.5 Å². The van der Waals surface area contributed by atoms with Gasteiger partial charge in [-0.2, -0.15) is 0 Å². The van der Waals surface area contributed by atoms with E-state index in [1.165, 1.54) is 41.6 Å². The van der Waals surface area contributed by atoms with Gasteiger partial charge in [0.25, 0.3) is 0 Å². The normalized spacial score (nSPS) is 14.1. The molecule has 9 rings (SSSR count). The van der Waals surface area contributed by atoms with Crippen LogP contribution in [0.2, 0.25) is 0 Å². The van der Waals surface area contributed by atoms with Crippen molar-refractivity contribution in [3.05, 3.63) is 104 Å². The molecule has 58 heavy (non-hydrogen) atoms. The molecule has 0 radical (unpaired) electrons. The van der Waals surface area contributed by atoms with Crippen LogP contribution in [-0.2, 0) is 19.5 Å². The summed E-state index contributed by atoms with van der Waals surface area (Å²) in [4.78, 5) is 40.0. The lowest BCUT2D eigenvalue weighted by Crippen LogP contribution is -2.42. The highest BCUT2D eigenvalue weighted by atomic mass is 32.1. The topological polar surface area (TPSA) is 130 Å². The molecule has 5 heterocycles. The fourth-order valence-electron chi connectivity index (χ4n) is 8.11. The second-order valence-corrected chi connectivity index (χ2v) is 17.7. The van der Waals surface area contributed by atoms with Gasteiger partial charge in [-0.15, -0.1) is 22.7 Å². The van der Waals surface area contributed by atoms with Gasteiger partial charge in [0.1, 0.15) is 51.8 Å². The molecule has 296 valence electrons. The number of rotatable bonds is 10. The first-order chi connectivity index (χ1) is 28.1. The van der Waals surface area contributed by atoms with Crippen molar-refractivity contribution in [1.29, 1.82) is 0 Å². The van der Waals surface area contributed by atoms with Gasteiger partial charge >= 0.3 is 0 Å². The molecule has 0 atom stereocenters. The van der Waals surface area contributed by atoms with Crippen molar-refractivity contribution >= 4 is 65.0 Å². The molecule has 0 spiro atoms. The number of benzene rings is 4. The van der Waals surface area contributed by atoms with Crippen molar-refractivity contribution in [2.24, 2.45) is 0 Å². The van der Waals surface area contributed by atoms with Crippen LogP contribution in [0.4, 0.5) is 0 Å². The minimum Gasteiger partial charge on any atom is -0.507 e. The number of piperidine rings is 1. The van der Waals surface area contributed by atoms with Crippen LogP contribution in [0.15, 0.2) is 85.5 Å². The maximum Gasteiger partial charge on any atom is 0.202 e. The Hall–Kier alpha value is -5.40. The zero-order valence-corrected chi connectivity index (χ0v) is 34.7. The number of thiazole rings is 2. The van der Waals surface area contributed by atoms with E-state index in [1.54, 1.807) is 18.2 Å². The number of phenols is 2. The van der Waals surface area contributed by atoms with Crippen LogP contribution >= 0.6 is 22.7 Å². The summed E-state index contributed by atoms with van der Waals surface area (Å²) >= 11 is 2.87. The van der Waals surface area contributed by atoms with Crippen molar-refractivity contribution < 1.29 is 23.5 Å². The third-order valence-electron chi connectivity index (χ3n) is 12.1. The zero-order valence-electron chi connectivity index (χ0n) is 33.1. The number of likely N-dealkylation sites (tertiary alicyclic amines) is 1. The Kier molecular flexibility index (Phi) is 9.92. The lowest BCUT2D eigenvalue weighted by molar-refractivity contribution is -0.919. The van der Waals surface area contributed by atoms with Gasteiger partial charge in [0.15, 0.2) is 0 Å². The predicted molar refractivity (Wildman–Crippen MR) is 234 cm³/mol. The number of phenolic OH excluding ortho intramolecular Hbond substituents is 2. The molecule has 0 bridgehead atoms. The van der Waals surface area contributed by atoms with Crippen molar-refractivity contribution in [3.8, 4) is 43.8 Å². The molecule has 0 saturated carbocycles. The van der Waals surface area contributed by atoms with E-state index in [9.17, 15) is 19.8 Å². The SMILES string of the molecule is CCc1cc2c(=O)c(-c3nc4cc(-c5ccc6nc(-c7coc8c(CN9CCCCC9)c(O)ccc8c7=O)sc6c5)ccc4s3)coc2c(C[N+](C)(CC)CC)c1O. The fourth-order valence-corrected chi connectivity index (χ4v) is 10.1. The highest BCUT2D eigenvalue weighted by Gasteiger charge is 2.27. The predicted octanol–water partition coefficient (Wildman–Crippen LogP) is 10.1. The van der Waals surface area contributed by atoms with Gasteiger partial charge in [0.2, 0.25) is 10.9 Å². The number of aryl methyl sites for hydroxylation is 1. The monoisotopic (exact) mass is 813 g/mol. The average Bonchev–Trinajstić information content (AvgIpc) is 3.87. The average molecular weight is 814 g/mol. The van der Waals surface area contributed by atoms with Crippen molar-refractivity contribution in [2.75, 3.05) is 33.2 Å². The number of nitrogens with zero attached hydrogens (tertiary/aromatic N) is 4. The summed E-state index contributed by atoms with van der Waals surface area (Å²) in [5.41, 5.74) is 6.79. The summed E-state index contributed by atoms with van der Waals surface area (Å²) in [7, 11) is 2.14. The number of quaternary nitrogens is 1. The van der Waals surface area contributed by atoms with Crippen LogP contribution in [0, 0.1) is 0 Å². The molecule has 2 N–H and O–H groups in total. The first-order valence-corrected chi connectivity index (χ1v) is 21.6. The molecule has 4 aromatic heterocycles. The minimum absolute atomic E-state index is 0.135. The van der Waals surface area contributed by atoms with Crippen molar-refractivity contribution in [3.63, 3.8) is 0 Å². The summed E-state index contributed by atoms with van der Waals surface area (Å²) in [6.45, 7) is 11.0. The molecule has 0 unspecified atom stereocenters. The molecule has 1 saturated heterocycles. The molecule has 1 aliphatic heterocycles. The Bertz CT molecular complexity index is 3010. The van der Waals surface area contributed by atoms with Gasteiger partial charge < -0.3 is 23.5 Å². The van der Waals surface area contributed by atoms with E-state index in [1.807, 2.05) is 37.3 Å².